The Hall–Kier alpha value is -1.69. The Balaban J connectivity index is 1.81. The monoisotopic (exact) mass is 308 g/mol. The molecule has 2 rings (SSSR count). The summed E-state index contributed by atoms with van der Waals surface area (Å²) >= 11 is 1.43. The molecule has 2 heterocycles. The normalized spacial score (nSPS) is 16.0. The lowest BCUT2D eigenvalue weighted by Gasteiger charge is -2.36. The second-order valence-corrected chi connectivity index (χ2v) is 6.34. The first-order chi connectivity index (χ1) is 10.0. The van der Waals surface area contributed by atoms with E-state index in [2.05, 4.69) is 0 Å². The predicted molar refractivity (Wildman–Crippen MR) is 81.3 cm³/mol. The van der Waals surface area contributed by atoms with Crippen molar-refractivity contribution in [1.82, 2.24) is 9.80 Å². The minimum atomic E-state index is -0.446. The molecule has 0 atom stereocenters. The van der Waals surface area contributed by atoms with Gasteiger partial charge in [-0.25, -0.2) is 0 Å². The van der Waals surface area contributed by atoms with Crippen molar-refractivity contribution < 1.29 is 14.4 Å². The van der Waals surface area contributed by atoms with Crippen LogP contribution in [-0.4, -0.2) is 53.1 Å². The molecule has 1 aromatic heterocycles. The SMILES string of the molecule is CC(C)N1CCN(CCCC(=O)c2cccs2)C(=O)C1=O. The van der Waals surface area contributed by atoms with Crippen LogP contribution in [0.15, 0.2) is 17.5 Å². The van der Waals surface area contributed by atoms with Gasteiger partial charge in [0, 0.05) is 32.1 Å². The molecule has 0 spiro atoms. The van der Waals surface area contributed by atoms with Crippen LogP contribution in [0.5, 0.6) is 0 Å². The highest BCUT2D eigenvalue weighted by molar-refractivity contribution is 7.12. The number of carbonyl (C=O) groups is 3. The number of ketones is 1. The highest BCUT2D eigenvalue weighted by atomic mass is 32.1. The van der Waals surface area contributed by atoms with Crippen LogP contribution >= 0.6 is 11.3 Å². The second kappa shape index (κ2) is 6.85. The number of carbonyl (C=O) groups excluding carboxylic acids is 3. The largest absolute Gasteiger partial charge is 0.333 e. The number of hydrogen-bond acceptors (Lipinski definition) is 4. The smallest absolute Gasteiger partial charge is 0.312 e. The molecule has 0 N–H and O–H groups in total. The molecule has 0 unspecified atom stereocenters. The maximum atomic E-state index is 12.0. The van der Waals surface area contributed by atoms with Gasteiger partial charge in [0.05, 0.1) is 4.88 Å². The lowest BCUT2D eigenvalue weighted by atomic mass is 10.1. The van der Waals surface area contributed by atoms with Gasteiger partial charge >= 0.3 is 11.8 Å². The van der Waals surface area contributed by atoms with Gasteiger partial charge in [-0.1, -0.05) is 6.07 Å². The summed E-state index contributed by atoms with van der Waals surface area (Å²) in [4.78, 5) is 39.7. The van der Waals surface area contributed by atoms with E-state index in [-0.39, 0.29) is 11.8 Å². The van der Waals surface area contributed by atoms with Gasteiger partial charge in [-0.2, -0.15) is 0 Å². The van der Waals surface area contributed by atoms with E-state index in [0.717, 1.165) is 4.88 Å². The minimum absolute atomic E-state index is 0.0454. The number of rotatable bonds is 6. The zero-order valence-corrected chi connectivity index (χ0v) is 13.2. The van der Waals surface area contributed by atoms with Crippen molar-refractivity contribution in [1.29, 1.82) is 0 Å². The lowest BCUT2D eigenvalue weighted by molar-refractivity contribution is -0.157. The van der Waals surface area contributed by atoms with Crippen LogP contribution < -0.4 is 0 Å². The van der Waals surface area contributed by atoms with E-state index < -0.39 is 11.8 Å². The first-order valence-corrected chi connectivity index (χ1v) is 8.05. The van der Waals surface area contributed by atoms with E-state index in [1.165, 1.54) is 11.3 Å². The van der Waals surface area contributed by atoms with E-state index in [1.54, 1.807) is 9.80 Å². The minimum Gasteiger partial charge on any atom is -0.333 e. The Kier molecular flexibility index (Phi) is 5.12. The topological polar surface area (TPSA) is 57.7 Å². The molecule has 1 aliphatic heterocycles. The molecule has 5 nitrogen and oxygen atoms in total. The maximum absolute atomic E-state index is 12.0. The fourth-order valence-corrected chi connectivity index (χ4v) is 3.08. The molecule has 1 aliphatic rings. The zero-order valence-electron chi connectivity index (χ0n) is 12.4. The van der Waals surface area contributed by atoms with Gasteiger partial charge in [-0.15, -0.1) is 11.3 Å². The number of piperazine rings is 1. The quantitative estimate of drug-likeness (QED) is 0.595. The lowest BCUT2D eigenvalue weighted by Crippen LogP contribution is -2.56. The van der Waals surface area contributed by atoms with E-state index in [4.69, 9.17) is 0 Å². The van der Waals surface area contributed by atoms with E-state index in [0.29, 0.717) is 32.5 Å². The summed E-state index contributed by atoms with van der Waals surface area (Å²) in [5.41, 5.74) is 0. The van der Waals surface area contributed by atoms with Crippen LogP contribution in [0.1, 0.15) is 36.4 Å². The highest BCUT2D eigenvalue weighted by Crippen LogP contribution is 2.14. The summed E-state index contributed by atoms with van der Waals surface area (Å²) in [5.74, 6) is -0.774. The molecule has 1 saturated heterocycles. The molecule has 6 heteroatoms. The van der Waals surface area contributed by atoms with Crippen LogP contribution in [-0.2, 0) is 9.59 Å². The summed E-state index contributed by atoms with van der Waals surface area (Å²) < 4.78 is 0. The number of thiophene rings is 1. The van der Waals surface area contributed by atoms with Crippen LogP contribution in [0.4, 0.5) is 0 Å². The maximum Gasteiger partial charge on any atom is 0.312 e. The highest BCUT2D eigenvalue weighted by Gasteiger charge is 2.33. The van der Waals surface area contributed by atoms with Crippen molar-refractivity contribution in [3.63, 3.8) is 0 Å². The van der Waals surface area contributed by atoms with Gasteiger partial charge in [-0.3, -0.25) is 14.4 Å². The fraction of sp³-hybridized carbons (Fsp3) is 0.533. The van der Waals surface area contributed by atoms with Crippen LogP contribution in [0.2, 0.25) is 0 Å². The summed E-state index contributed by atoms with van der Waals surface area (Å²) in [6, 6.07) is 3.71. The summed E-state index contributed by atoms with van der Waals surface area (Å²) in [6.07, 6.45) is 1.00. The Morgan fingerprint density at radius 1 is 1.29 bits per heavy atom. The van der Waals surface area contributed by atoms with Gasteiger partial charge in [0.2, 0.25) is 0 Å². The summed E-state index contributed by atoms with van der Waals surface area (Å²) in [6.45, 7) is 5.39. The molecular formula is C15H20N2O3S. The fourth-order valence-electron chi connectivity index (χ4n) is 2.39. The third kappa shape index (κ3) is 3.69. The second-order valence-electron chi connectivity index (χ2n) is 5.39. The number of Topliss-reactive ketones (excluding diaryl/α,β-unsaturated/α-hetero) is 1. The number of nitrogens with zero attached hydrogens (tertiary/aromatic N) is 2. The average Bonchev–Trinajstić information content (AvgIpc) is 2.97. The molecule has 0 bridgehead atoms. The van der Waals surface area contributed by atoms with Gasteiger partial charge < -0.3 is 9.80 Å². The number of amides is 2. The van der Waals surface area contributed by atoms with Gasteiger partial charge in [-0.05, 0) is 31.7 Å². The van der Waals surface area contributed by atoms with Crippen molar-refractivity contribution in [2.45, 2.75) is 32.7 Å². The van der Waals surface area contributed by atoms with Gasteiger partial charge in [0.1, 0.15) is 0 Å². The third-order valence-electron chi connectivity index (χ3n) is 3.59. The molecule has 0 aliphatic carbocycles. The Morgan fingerprint density at radius 2 is 2.05 bits per heavy atom. The summed E-state index contributed by atoms with van der Waals surface area (Å²) in [5, 5.41) is 1.88. The van der Waals surface area contributed by atoms with Crippen molar-refractivity contribution in [2.75, 3.05) is 19.6 Å². The van der Waals surface area contributed by atoms with Crippen LogP contribution in [0.3, 0.4) is 0 Å². The Labute approximate surface area is 128 Å². The van der Waals surface area contributed by atoms with Crippen molar-refractivity contribution in [3.05, 3.63) is 22.4 Å². The Morgan fingerprint density at radius 3 is 2.67 bits per heavy atom. The van der Waals surface area contributed by atoms with Crippen LogP contribution in [0.25, 0.3) is 0 Å². The molecule has 0 aromatic carbocycles. The summed E-state index contributed by atoms with van der Waals surface area (Å²) in [7, 11) is 0. The Bertz CT molecular complexity index is 525. The predicted octanol–water partition coefficient (Wildman–Crippen LogP) is 1.79. The molecule has 2 amide bonds. The molecule has 21 heavy (non-hydrogen) atoms. The molecule has 1 aromatic rings. The molecular weight excluding hydrogens is 288 g/mol. The first kappa shape index (κ1) is 15.7. The first-order valence-electron chi connectivity index (χ1n) is 7.17. The van der Waals surface area contributed by atoms with Gasteiger partial charge in [0.25, 0.3) is 0 Å². The average molecular weight is 308 g/mol. The zero-order chi connectivity index (χ0) is 15.4. The van der Waals surface area contributed by atoms with E-state index in [9.17, 15) is 14.4 Å². The van der Waals surface area contributed by atoms with Crippen molar-refractivity contribution in [2.24, 2.45) is 0 Å². The van der Waals surface area contributed by atoms with Crippen molar-refractivity contribution >= 4 is 28.9 Å². The standard InChI is InChI=1S/C15H20N2O3S/c1-11(2)17-9-8-16(14(19)15(17)20)7-3-5-12(18)13-6-4-10-21-13/h4,6,10-11H,3,5,7-9H2,1-2H3. The van der Waals surface area contributed by atoms with E-state index in [1.807, 2.05) is 31.4 Å². The van der Waals surface area contributed by atoms with Crippen molar-refractivity contribution in [3.8, 4) is 0 Å². The van der Waals surface area contributed by atoms with Crippen LogP contribution in [0, 0.1) is 0 Å². The molecule has 114 valence electrons. The third-order valence-corrected chi connectivity index (χ3v) is 4.50. The van der Waals surface area contributed by atoms with E-state index >= 15 is 0 Å². The molecule has 0 saturated carbocycles. The van der Waals surface area contributed by atoms with Gasteiger partial charge in [0.15, 0.2) is 5.78 Å². The number of hydrogen-bond donors (Lipinski definition) is 0. The molecule has 1 fully saturated rings. The molecule has 0 radical (unpaired) electrons.